The van der Waals surface area contributed by atoms with E-state index in [2.05, 4.69) is 60.5 Å². The van der Waals surface area contributed by atoms with Gasteiger partial charge in [0.25, 0.3) is 0 Å². The molecule has 0 spiro atoms. The molecule has 3 aliphatic rings. The molecule has 2 aliphatic carbocycles. The Morgan fingerprint density at radius 2 is 2.03 bits per heavy atom. The predicted octanol–water partition coefficient (Wildman–Crippen LogP) is 5.83. The van der Waals surface area contributed by atoms with Crippen molar-refractivity contribution in [3.63, 3.8) is 0 Å². The van der Waals surface area contributed by atoms with Crippen LogP contribution in [-0.2, 0) is 12.8 Å². The first-order chi connectivity index (χ1) is 14.7. The van der Waals surface area contributed by atoms with Crippen LogP contribution in [0.15, 0.2) is 54.6 Å². The topological polar surface area (TPSA) is 32.7 Å². The van der Waals surface area contributed by atoms with Crippen LogP contribution in [0.4, 0.5) is 0 Å². The third-order valence-electron chi connectivity index (χ3n) is 7.00. The number of benzene rings is 2. The fourth-order valence-electron chi connectivity index (χ4n) is 5.32. The van der Waals surface area contributed by atoms with Gasteiger partial charge in [0.1, 0.15) is 0 Å². The molecular formula is C27H31NO2. The molecule has 1 aliphatic heterocycles. The van der Waals surface area contributed by atoms with Gasteiger partial charge in [-0.05, 0) is 79.8 Å². The van der Waals surface area contributed by atoms with Gasteiger partial charge in [-0.15, -0.1) is 0 Å². The first kappa shape index (κ1) is 19.4. The summed E-state index contributed by atoms with van der Waals surface area (Å²) in [4.78, 5) is 2.45. The first-order valence-corrected chi connectivity index (χ1v) is 11.4. The summed E-state index contributed by atoms with van der Waals surface area (Å²) in [6.07, 6.45) is 15.4. The Hall–Kier alpha value is -2.52. The van der Waals surface area contributed by atoms with Crippen LogP contribution in [-0.4, -0.2) is 30.2 Å². The number of nitrogens with zero attached hydrogens (tertiary/aromatic N) is 1. The van der Waals surface area contributed by atoms with E-state index in [4.69, 9.17) is 4.74 Å². The molecule has 0 radical (unpaired) electrons. The van der Waals surface area contributed by atoms with Gasteiger partial charge in [0.15, 0.2) is 11.5 Å². The lowest BCUT2D eigenvalue weighted by molar-refractivity contribution is 0.227. The Morgan fingerprint density at radius 3 is 2.90 bits per heavy atom. The van der Waals surface area contributed by atoms with Crippen LogP contribution in [0.2, 0.25) is 0 Å². The lowest BCUT2D eigenvalue weighted by Gasteiger charge is -2.40. The minimum atomic E-state index is 0.313. The highest BCUT2D eigenvalue weighted by Crippen LogP contribution is 2.50. The van der Waals surface area contributed by atoms with E-state index in [0.717, 1.165) is 44.2 Å². The van der Waals surface area contributed by atoms with Gasteiger partial charge in [0.05, 0.1) is 6.61 Å². The molecule has 1 unspecified atom stereocenters. The van der Waals surface area contributed by atoms with Crippen LogP contribution < -0.4 is 4.74 Å². The molecular weight excluding hydrogens is 370 g/mol. The highest BCUT2D eigenvalue weighted by atomic mass is 16.5. The number of hydrogen-bond donors (Lipinski definition) is 1. The second kappa shape index (κ2) is 8.31. The number of fused-ring (bicyclic) bond motifs is 2. The Bertz CT molecular complexity index is 991. The molecule has 5 rings (SSSR count). The van der Waals surface area contributed by atoms with Crippen molar-refractivity contribution in [2.45, 2.75) is 44.6 Å². The van der Waals surface area contributed by atoms with Gasteiger partial charge < -0.3 is 9.84 Å². The largest absolute Gasteiger partial charge is 0.504 e. The summed E-state index contributed by atoms with van der Waals surface area (Å²) >= 11 is 0. The molecule has 2 atom stereocenters. The van der Waals surface area contributed by atoms with E-state index in [1.807, 2.05) is 6.07 Å². The van der Waals surface area contributed by atoms with Gasteiger partial charge in [0, 0.05) is 18.2 Å². The molecule has 30 heavy (non-hydrogen) atoms. The van der Waals surface area contributed by atoms with E-state index in [1.165, 1.54) is 28.7 Å². The van der Waals surface area contributed by atoms with Crippen molar-refractivity contribution in [2.75, 3.05) is 20.2 Å². The van der Waals surface area contributed by atoms with E-state index >= 15 is 0 Å². The summed E-state index contributed by atoms with van der Waals surface area (Å²) in [5.74, 6) is 1.60. The molecule has 1 N–H and O–H groups in total. The van der Waals surface area contributed by atoms with Crippen molar-refractivity contribution in [2.24, 2.45) is 5.92 Å². The third kappa shape index (κ3) is 3.56. The number of hydrogen-bond acceptors (Lipinski definition) is 3. The molecule has 0 fully saturated rings. The summed E-state index contributed by atoms with van der Waals surface area (Å²) in [5, 5.41) is 11.1. The second-order valence-electron chi connectivity index (χ2n) is 8.93. The summed E-state index contributed by atoms with van der Waals surface area (Å²) in [7, 11) is 2.21. The molecule has 2 aromatic carbocycles. The average Bonchev–Trinajstić information content (AvgIpc) is 2.78. The molecule has 0 saturated carbocycles. The van der Waals surface area contributed by atoms with Crippen molar-refractivity contribution >= 4 is 0 Å². The third-order valence-corrected chi connectivity index (χ3v) is 7.00. The normalized spacial score (nSPS) is 21.9. The minimum Gasteiger partial charge on any atom is -0.504 e. The molecule has 2 aromatic rings. The van der Waals surface area contributed by atoms with Crippen LogP contribution in [0.25, 0.3) is 11.1 Å². The van der Waals surface area contributed by atoms with E-state index in [9.17, 15) is 5.11 Å². The van der Waals surface area contributed by atoms with Crippen molar-refractivity contribution in [3.05, 3.63) is 71.3 Å². The number of phenolic OH excluding ortho intramolecular Hbond substituents is 1. The smallest absolute Gasteiger partial charge is 0.165 e. The minimum absolute atomic E-state index is 0.313. The van der Waals surface area contributed by atoms with E-state index in [-0.39, 0.29) is 0 Å². The van der Waals surface area contributed by atoms with Crippen LogP contribution in [0, 0.1) is 5.92 Å². The Labute approximate surface area is 179 Å². The fraction of sp³-hybridized carbons (Fsp3) is 0.407. The zero-order chi connectivity index (χ0) is 20.5. The summed E-state index contributed by atoms with van der Waals surface area (Å²) in [5.41, 5.74) is 6.22. The molecule has 3 nitrogen and oxygen atoms in total. The number of ether oxygens (including phenoxy) is 1. The Balaban J connectivity index is 1.30. The van der Waals surface area contributed by atoms with Gasteiger partial charge in [-0.1, -0.05) is 48.6 Å². The lowest BCUT2D eigenvalue weighted by atomic mass is 9.77. The standard InChI is InChI=1S/C27H31NO2/c1-28-16-15-20-11-7-12-22-25(20)23(28)18-21-13-14-24(27(29)26(21)22)30-17-6-5-10-19-8-3-2-4-9-19/h2-4,7-8,11-14,19,23,29H,5-6,9-10,15-18H2,1H3/t19?,23-/m1/s1. The van der Waals surface area contributed by atoms with Gasteiger partial charge in [0.2, 0.25) is 0 Å². The monoisotopic (exact) mass is 401 g/mol. The Kier molecular flexibility index (Phi) is 5.39. The molecule has 1 heterocycles. The average molecular weight is 402 g/mol. The van der Waals surface area contributed by atoms with Crippen LogP contribution in [0.3, 0.4) is 0 Å². The van der Waals surface area contributed by atoms with Crippen molar-refractivity contribution < 1.29 is 9.84 Å². The Morgan fingerprint density at radius 1 is 1.10 bits per heavy atom. The predicted molar refractivity (Wildman–Crippen MR) is 122 cm³/mol. The number of phenols is 1. The lowest BCUT2D eigenvalue weighted by Crippen LogP contribution is -2.35. The van der Waals surface area contributed by atoms with Crippen LogP contribution >= 0.6 is 0 Å². The van der Waals surface area contributed by atoms with E-state index in [1.54, 1.807) is 0 Å². The molecule has 156 valence electrons. The van der Waals surface area contributed by atoms with Crippen LogP contribution in [0.5, 0.6) is 11.5 Å². The maximum absolute atomic E-state index is 11.1. The molecule has 0 saturated heterocycles. The van der Waals surface area contributed by atoms with Crippen molar-refractivity contribution in [3.8, 4) is 22.6 Å². The van der Waals surface area contributed by atoms with Gasteiger partial charge >= 0.3 is 0 Å². The summed E-state index contributed by atoms with van der Waals surface area (Å²) in [6.45, 7) is 1.74. The number of rotatable bonds is 6. The van der Waals surface area contributed by atoms with Crippen molar-refractivity contribution in [1.29, 1.82) is 0 Å². The molecule has 0 bridgehead atoms. The highest BCUT2D eigenvalue weighted by molar-refractivity contribution is 5.82. The number of likely N-dealkylation sites (N-methyl/N-ethyl adjacent to an activating group) is 1. The number of aromatic hydroxyl groups is 1. The van der Waals surface area contributed by atoms with Gasteiger partial charge in [-0.2, -0.15) is 0 Å². The van der Waals surface area contributed by atoms with E-state index in [0.29, 0.717) is 30.1 Å². The highest BCUT2D eigenvalue weighted by Gasteiger charge is 2.34. The molecule has 0 amide bonds. The zero-order valence-electron chi connectivity index (χ0n) is 17.8. The number of allylic oxidation sites excluding steroid dienone is 4. The van der Waals surface area contributed by atoms with E-state index < -0.39 is 0 Å². The SMILES string of the molecule is CN1CCc2cccc3c2[C@H]1Cc1ccc(OCCCCC2C=CC=CC2)c(O)c1-3. The van der Waals surface area contributed by atoms with Gasteiger partial charge in [-0.25, -0.2) is 0 Å². The van der Waals surface area contributed by atoms with Gasteiger partial charge in [-0.3, -0.25) is 4.90 Å². The number of unbranched alkanes of at least 4 members (excludes halogenated alkanes) is 1. The summed E-state index contributed by atoms with van der Waals surface area (Å²) < 4.78 is 6.03. The molecule has 0 aromatic heterocycles. The van der Waals surface area contributed by atoms with Crippen LogP contribution in [0.1, 0.15) is 48.4 Å². The fourth-order valence-corrected chi connectivity index (χ4v) is 5.32. The van der Waals surface area contributed by atoms with Crippen molar-refractivity contribution in [1.82, 2.24) is 4.90 Å². The maximum atomic E-state index is 11.1. The maximum Gasteiger partial charge on any atom is 0.165 e. The second-order valence-corrected chi connectivity index (χ2v) is 8.93. The quantitative estimate of drug-likeness (QED) is 0.619. The zero-order valence-corrected chi connectivity index (χ0v) is 17.8. The summed E-state index contributed by atoms with van der Waals surface area (Å²) in [6, 6.07) is 11.1. The molecule has 3 heteroatoms. The first-order valence-electron chi connectivity index (χ1n) is 11.4.